The van der Waals surface area contributed by atoms with Gasteiger partial charge in [0.15, 0.2) is 0 Å². The van der Waals surface area contributed by atoms with Gasteiger partial charge in [-0.3, -0.25) is 4.90 Å². The third-order valence-electron chi connectivity index (χ3n) is 3.66. The van der Waals surface area contributed by atoms with Gasteiger partial charge in [0.1, 0.15) is 0 Å². The van der Waals surface area contributed by atoms with Crippen LogP contribution < -0.4 is 5.73 Å². The number of piperidine rings is 1. The van der Waals surface area contributed by atoms with E-state index in [0.717, 1.165) is 31.6 Å². The fraction of sp³-hybridized carbons (Fsp3) is 0.571. The highest BCUT2D eigenvalue weighted by Gasteiger charge is 2.23. The van der Waals surface area contributed by atoms with E-state index in [-0.39, 0.29) is 24.0 Å². The van der Waals surface area contributed by atoms with Crippen molar-refractivity contribution in [1.29, 1.82) is 0 Å². The summed E-state index contributed by atoms with van der Waals surface area (Å²) >= 11 is 0. The summed E-state index contributed by atoms with van der Waals surface area (Å²) in [6.07, 6.45) is -1.41. The second-order valence-corrected chi connectivity index (χ2v) is 5.21. The van der Waals surface area contributed by atoms with Gasteiger partial charge in [0.25, 0.3) is 6.43 Å². The molecule has 1 saturated heterocycles. The van der Waals surface area contributed by atoms with Crippen molar-refractivity contribution in [1.82, 2.24) is 4.90 Å². The lowest BCUT2D eigenvalue weighted by Gasteiger charge is -2.35. The smallest absolute Gasteiger partial charge is 0.263 e. The zero-order chi connectivity index (χ0) is 13.1. The van der Waals surface area contributed by atoms with Crippen molar-refractivity contribution < 1.29 is 8.78 Å². The molecular formula is C14H21ClF2N2. The van der Waals surface area contributed by atoms with Gasteiger partial charge in [0.2, 0.25) is 0 Å². The van der Waals surface area contributed by atoms with Crippen molar-refractivity contribution in [3.05, 3.63) is 35.4 Å². The molecule has 2 rings (SSSR count). The molecular weight excluding hydrogens is 270 g/mol. The topological polar surface area (TPSA) is 29.3 Å². The second kappa shape index (κ2) is 7.17. The maximum absolute atomic E-state index is 12.6. The van der Waals surface area contributed by atoms with Gasteiger partial charge in [0.05, 0.1) is 0 Å². The summed E-state index contributed by atoms with van der Waals surface area (Å²) in [6, 6.07) is 6.96. The minimum Gasteiger partial charge on any atom is -0.327 e. The van der Waals surface area contributed by atoms with Gasteiger partial charge in [-0.15, -0.1) is 12.4 Å². The van der Waals surface area contributed by atoms with Crippen LogP contribution in [-0.2, 0) is 6.54 Å². The molecule has 0 bridgehead atoms. The Hall–Kier alpha value is -0.710. The van der Waals surface area contributed by atoms with Gasteiger partial charge in [-0.25, -0.2) is 8.78 Å². The molecule has 0 spiro atoms. The monoisotopic (exact) mass is 290 g/mol. The predicted octanol–water partition coefficient (Wildman–Crippen LogP) is 3.22. The molecule has 1 heterocycles. The van der Waals surface area contributed by atoms with E-state index >= 15 is 0 Å². The van der Waals surface area contributed by atoms with E-state index < -0.39 is 6.43 Å². The first-order chi connectivity index (χ1) is 8.56. The number of nitrogens with zero attached hydrogens (tertiary/aromatic N) is 1. The molecule has 0 saturated carbocycles. The molecule has 108 valence electrons. The quantitative estimate of drug-likeness (QED) is 0.926. The Labute approximate surface area is 119 Å². The molecule has 1 aromatic carbocycles. The van der Waals surface area contributed by atoms with Crippen LogP contribution in [0, 0.1) is 5.92 Å². The van der Waals surface area contributed by atoms with Crippen LogP contribution >= 0.6 is 12.4 Å². The lowest BCUT2D eigenvalue weighted by Crippen LogP contribution is -2.45. The molecule has 5 heteroatoms. The molecule has 1 aliphatic rings. The van der Waals surface area contributed by atoms with E-state index in [0.29, 0.717) is 5.92 Å². The van der Waals surface area contributed by atoms with Gasteiger partial charge in [-0.1, -0.05) is 25.1 Å². The Morgan fingerprint density at radius 3 is 2.79 bits per heavy atom. The second-order valence-electron chi connectivity index (χ2n) is 5.21. The number of nitrogens with two attached hydrogens (primary N) is 1. The number of likely N-dealkylation sites (tertiary alicyclic amines) is 1. The molecule has 0 radical (unpaired) electrons. The van der Waals surface area contributed by atoms with E-state index in [1.54, 1.807) is 12.1 Å². The van der Waals surface area contributed by atoms with Crippen LogP contribution in [0.1, 0.15) is 30.9 Å². The summed E-state index contributed by atoms with van der Waals surface area (Å²) in [5, 5.41) is 0. The minimum atomic E-state index is -2.39. The summed E-state index contributed by atoms with van der Waals surface area (Å²) in [4.78, 5) is 2.29. The zero-order valence-electron chi connectivity index (χ0n) is 11.1. The number of rotatable bonds is 3. The van der Waals surface area contributed by atoms with E-state index in [4.69, 9.17) is 5.73 Å². The van der Waals surface area contributed by atoms with Crippen molar-refractivity contribution in [3.63, 3.8) is 0 Å². The summed E-state index contributed by atoms with van der Waals surface area (Å²) < 4.78 is 25.2. The van der Waals surface area contributed by atoms with Crippen molar-refractivity contribution in [2.45, 2.75) is 32.4 Å². The molecule has 19 heavy (non-hydrogen) atoms. The number of hydrogen-bond donors (Lipinski definition) is 1. The van der Waals surface area contributed by atoms with Crippen LogP contribution in [0.15, 0.2) is 24.3 Å². The lowest BCUT2D eigenvalue weighted by atomic mass is 9.94. The highest BCUT2D eigenvalue weighted by atomic mass is 35.5. The molecule has 1 aliphatic heterocycles. The van der Waals surface area contributed by atoms with E-state index in [1.165, 1.54) is 6.07 Å². The summed E-state index contributed by atoms with van der Waals surface area (Å²) in [7, 11) is 0. The predicted molar refractivity (Wildman–Crippen MR) is 75.7 cm³/mol. The third-order valence-corrected chi connectivity index (χ3v) is 3.66. The molecule has 0 aliphatic carbocycles. The molecule has 0 aromatic heterocycles. The van der Waals surface area contributed by atoms with Gasteiger partial charge >= 0.3 is 0 Å². The first kappa shape index (κ1) is 16.3. The van der Waals surface area contributed by atoms with Gasteiger partial charge in [0, 0.05) is 24.7 Å². The standard InChI is InChI=1S/C14H20F2N2.ClH/c1-10-8-18(6-5-13(10)17)9-11-3-2-4-12(7-11)14(15)16;/h2-4,7,10,13-14H,5-6,8-9,17H2,1H3;1H. The fourth-order valence-corrected chi connectivity index (χ4v) is 2.48. The van der Waals surface area contributed by atoms with Crippen LogP contribution in [0.2, 0.25) is 0 Å². The Morgan fingerprint density at radius 2 is 2.16 bits per heavy atom. The van der Waals surface area contributed by atoms with Crippen LogP contribution in [0.4, 0.5) is 8.78 Å². The van der Waals surface area contributed by atoms with Crippen molar-refractivity contribution in [3.8, 4) is 0 Å². The van der Waals surface area contributed by atoms with E-state index in [1.807, 2.05) is 6.07 Å². The Morgan fingerprint density at radius 1 is 1.42 bits per heavy atom. The number of halogens is 3. The van der Waals surface area contributed by atoms with E-state index in [2.05, 4.69) is 11.8 Å². The average molecular weight is 291 g/mol. The Balaban J connectivity index is 0.00000180. The summed E-state index contributed by atoms with van der Waals surface area (Å²) in [5.41, 5.74) is 7.03. The molecule has 2 atom stereocenters. The fourth-order valence-electron chi connectivity index (χ4n) is 2.48. The van der Waals surface area contributed by atoms with Crippen LogP contribution in [0.25, 0.3) is 0 Å². The molecule has 2 nitrogen and oxygen atoms in total. The highest BCUT2D eigenvalue weighted by Crippen LogP contribution is 2.22. The first-order valence-corrected chi connectivity index (χ1v) is 6.41. The molecule has 1 fully saturated rings. The summed E-state index contributed by atoms with van der Waals surface area (Å²) in [6.45, 7) is 4.77. The average Bonchev–Trinajstić information content (AvgIpc) is 2.34. The Kier molecular flexibility index (Phi) is 6.17. The maximum atomic E-state index is 12.6. The van der Waals surface area contributed by atoms with Crippen molar-refractivity contribution >= 4 is 12.4 Å². The van der Waals surface area contributed by atoms with Gasteiger partial charge < -0.3 is 5.73 Å². The minimum absolute atomic E-state index is 0. The maximum Gasteiger partial charge on any atom is 0.263 e. The van der Waals surface area contributed by atoms with E-state index in [9.17, 15) is 8.78 Å². The lowest BCUT2D eigenvalue weighted by molar-refractivity contribution is 0.149. The number of hydrogen-bond acceptors (Lipinski definition) is 2. The Bertz CT molecular complexity index is 401. The van der Waals surface area contributed by atoms with Crippen molar-refractivity contribution in [2.24, 2.45) is 11.7 Å². The first-order valence-electron chi connectivity index (χ1n) is 6.41. The van der Waals surface area contributed by atoms with Crippen LogP contribution in [0.5, 0.6) is 0 Å². The number of alkyl halides is 2. The molecule has 0 amide bonds. The largest absolute Gasteiger partial charge is 0.327 e. The highest BCUT2D eigenvalue weighted by molar-refractivity contribution is 5.85. The van der Waals surface area contributed by atoms with Gasteiger partial charge in [-0.2, -0.15) is 0 Å². The SMILES string of the molecule is CC1CN(Cc2cccc(C(F)F)c2)CCC1N.Cl. The third kappa shape index (κ3) is 4.41. The van der Waals surface area contributed by atoms with Crippen LogP contribution in [-0.4, -0.2) is 24.0 Å². The molecule has 2 N–H and O–H groups in total. The van der Waals surface area contributed by atoms with Crippen molar-refractivity contribution in [2.75, 3.05) is 13.1 Å². The molecule has 1 aromatic rings. The normalized spacial score (nSPS) is 24.3. The summed E-state index contributed by atoms with van der Waals surface area (Å²) in [5.74, 6) is 0.469. The number of benzene rings is 1. The van der Waals surface area contributed by atoms with Crippen LogP contribution in [0.3, 0.4) is 0 Å². The van der Waals surface area contributed by atoms with Gasteiger partial charge in [-0.05, 0) is 30.5 Å². The zero-order valence-corrected chi connectivity index (χ0v) is 11.9. The molecule has 2 unspecified atom stereocenters.